The Bertz CT molecular complexity index is 680. The number of nitrogens with two attached hydrogens (primary N) is 1. The Kier molecular flexibility index (Phi) is 6.21. The standard InChI is InChI=1S/C19H26N4O/c1-14-9-11-15(12-10-14)22-19(20)21-13-17(23(2)3)16-7-5-6-8-18(16)24-4/h5-12,17H,13H2,1-4H3,(H3,20,21,22). The Hall–Kier alpha value is -2.53. The van der Waals surface area contributed by atoms with Crippen LogP contribution in [-0.4, -0.2) is 38.6 Å². The number of benzene rings is 2. The maximum absolute atomic E-state index is 6.03. The summed E-state index contributed by atoms with van der Waals surface area (Å²) in [4.78, 5) is 6.61. The first-order valence-corrected chi connectivity index (χ1v) is 7.94. The highest BCUT2D eigenvalue weighted by molar-refractivity contribution is 5.92. The number of aliphatic imine (C=N–C) groups is 1. The van der Waals surface area contributed by atoms with E-state index in [4.69, 9.17) is 10.5 Å². The number of anilines is 1. The molecule has 3 N–H and O–H groups in total. The van der Waals surface area contributed by atoms with E-state index in [9.17, 15) is 0 Å². The van der Waals surface area contributed by atoms with E-state index in [1.807, 2.05) is 56.6 Å². The van der Waals surface area contributed by atoms with Crippen molar-refractivity contribution >= 4 is 11.6 Å². The van der Waals surface area contributed by atoms with E-state index in [2.05, 4.69) is 28.2 Å². The number of rotatable bonds is 6. The Morgan fingerprint density at radius 1 is 1.17 bits per heavy atom. The molecule has 0 spiro atoms. The minimum Gasteiger partial charge on any atom is -0.496 e. The number of hydrogen-bond donors (Lipinski definition) is 2. The number of hydrogen-bond acceptors (Lipinski definition) is 3. The van der Waals surface area contributed by atoms with Crippen LogP contribution in [0, 0.1) is 6.92 Å². The largest absolute Gasteiger partial charge is 0.496 e. The summed E-state index contributed by atoms with van der Waals surface area (Å²) in [5.41, 5.74) is 9.26. The number of likely N-dealkylation sites (N-methyl/N-ethyl adjacent to an activating group) is 1. The molecule has 2 aromatic rings. The highest BCUT2D eigenvalue weighted by Gasteiger charge is 2.17. The molecular formula is C19H26N4O. The van der Waals surface area contributed by atoms with Gasteiger partial charge in [-0.1, -0.05) is 35.9 Å². The molecule has 0 radical (unpaired) electrons. The van der Waals surface area contributed by atoms with Gasteiger partial charge in [-0.15, -0.1) is 0 Å². The zero-order chi connectivity index (χ0) is 17.5. The normalized spacial score (nSPS) is 13.0. The Balaban J connectivity index is 2.11. The zero-order valence-corrected chi connectivity index (χ0v) is 14.8. The summed E-state index contributed by atoms with van der Waals surface area (Å²) < 4.78 is 5.47. The number of nitrogens with one attached hydrogen (secondary N) is 1. The predicted molar refractivity (Wildman–Crippen MR) is 101 cm³/mol. The summed E-state index contributed by atoms with van der Waals surface area (Å²) in [5, 5.41) is 3.12. The van der Waals surface area contributed by atoms with Gasteiger partial charge in [-0.25, -0.2) is 0 Å². The molecule has 0 aliphatic heterocycles. The number of aryl methyl sites for hydroxylation is 1. The van der Waals surface area contributed by atoms with Crippen molar-refractivity contribution in [2.24, 2.45) is 10.7 Å². The third kappa shape index (κ3) is 4.73. The number of guanidine groups is 1. The average molecular weight is 326 g/mol. The van der Waals surface area contributed by atoms with E-state index in [1.165, 1.54) is 5.56 Å². The fourth-order valence-corrected chi connectivity index (χ4v) is 2.49. The number of nitrogens with zero attached hydrogens (tertiary/aromatic N) is 2. The first kappa shape index (κ1) is 17.8. The minimum absolute atomic E-state index is 0.0829. The molecule has 5 nitrogen and oxygen atoms in total. The second-order valence-electron chi connectivity index (χ2n) is 5.94. The van der Waals surface area contributed by atoms with Crippen LogP contribution in [0.4, 0.5) is 5.69 Å². The molecular weight excluding hydrogens is 300 g/mol. The van der Waals surface area contributed by atoms with Crippen molar-refractivity contribution in [3.63, 3.8) is 0 Å². The molecule has 2 rings (SSSR count). The summed E-state index contributed by atoms with van der Waals surface area (Å²) in [6.45, 7) is 2.59. The summed E-state index contributed by atoms with van der Waals surface area (Å²) in [7, 11) is 5.73. The van der Waals surface area contributed by atoms with Crippen LogP contribution >= 0.6 is 0 Å². The third-order valence-electron chi connectivity index (χ3n) is 3.88. The van der Waals surface area contributed by atoms with Gasteiger partial charge in [0.25, 0.3) is 0 Å². The van der Waals surface area contributed by atoms with Gasteiger partial charge >= 0.3 is 0 Å². The molecule has 128 valence electrons. The van der Waals surface area contributed by atoms with Crippen LogP contribution in [0.2, 0.25) is 0 Å². The first-order valence-electron chi connectivity index (χ1n) is 7.94. The van der Waals surface area contributed by atoms with E-state index in [1.54, 1.807) is 7.11 Å². The molecule has 0 amide bonds. The monoisotopic (exact) mass is 326 g/mol. The molecule has 0 bridgehead atoms. The maximum atomic E-state index is 6.03. The van der Waals surface area contributed by atoms with Gasteiger partial charge in [-0.3, -0.25) is 4.99 Å². The smallest absolute Gasteiger partial charge is 0.193 e. The maximum Gasteiger partial charge on any atom is 0.193 e. The van der Waals surface area contributed by atoms with Crippen LogP contribution in [0.1, 0.15) is 17.2 Å². The lowest BCUT2D eigenvalue weighted by Gasteiger charge is -2.25. The highest BCUT2D eigenvalue weighted by atomic mass is 16.5. The van der Waals surface area contributed by atoms with Crippen molar-refractivity contribution in [2.45, 2.75) is 13.0 Å². The van der Waals surface area contributed by atoms with Gasteiger partial charge in [0.1, 0.15) is 5.75 Å². The molecule has 0 saturated carbocycles. The van der Waals surface area contributed by atoms with Gasteiger partial charge in [-0.05, 0) is 39.2 Å². The molecule has 0 fully saturated rings. The zero-order valence-electron chi connectivity index (χ0n) is 14.8. The minimum atomic E-state index is 0.0829. The van der Waals surface area contributed by atoms with Crippen LogP contribution in [0.5, 0.6) is 5.75 Å². The Labute approximate surface area is 144 Å². The first-order chi connectivity index (χ1) is 11.5. The second-order valence-corrected chi connectivity index (χ2v) is 5.94. The van der Waals surface area contributed by atoms with Crippen molar-refractivity contribution in [1.82, 2.24) is 4.90 Å². The fraction of sp³-hybridized carbons (Fsp3) is 0.316. The van der Waals surface area contributed by atoms with Crippen molar-refractivity contribution in [3.05, 3.63) is 59.7 Å². The number of methoxy groups -OCH3 is 1. The van der Waals surface area contributed by atoms with Crippen LogP contribution in [0.15, 0.2) is 53.5 Å². The third-order valence-corrected chi connectivity index (χ3v) is 3.88. The van der Waals surface area contributed by atoms with E-state index in [-0.39, 0.29) is 6.04 Å². The summed E-state index contributed by atoms with van der Waals surface area (Å²) in [6.07, 6.45) is 0. The van der Waals surface area contributed by atoms with Gasteiger partial charge in [0.05, 0.1) is 19.7 Å². The van der Waals surface area contributed by atoms with Crippen molar-refractivity contribution in [3.8, 4) is 5.75 Å². The van der Waals surface area contributed by atoms with E-state index >= 15 is 0 Å². The molecule has 1 unspecified atom stereocenters. The van der Waals surface area contributed by atoms with Crippen LogP contribution in [0.25, 0.3) is 0 Å². The molecule has 0 aliphatic rings. The lowest BCUT2D eigenvalue weighted by molar-refractivity contribution is 0.295. The molecule has 5 heteroatoms. The van der Waals surface area contributed by atoms with Gasteiger partial charge < -0.3 is 20.7 Å². The molecule has 24 heavy (non-hydrogen) atoms. The Morgan fingerprint density at radius 2 is 1.83 bits per heavy atom. The van der Waals surface area contributed by atoms with Gasteiger partial charge in [0.2, 0.25) is 0 Å². The second kappa shape index (κ2) is 8.36. The van der Waals surface area contributed by atoms with E-state index in [0.717, 1.165) is 17.0 Å². The molecule has 0 aliphatic carbocycles. The number of para-hydroxylation sites is 1. The molecule has 0 saturated heterocycles. The van der Waals surface area contributed by atoms with Gasteiger partial charge in [-0.2, -0.15) is 0 Å². The molecule has 2 aromatic carbocycles. The Morgan fingerprint density at radius 3 is 2.46 bits per heavy atom. The summed E-state index contributed by atoms with van der Waals surface area (Å²) in [6, 6.07) is 16.1. The predicted octanol–water partition coefficient (Wildman–Crippen LogP) is 3.03. The fourth-order valence-electron chi connectivity index (χ4n) is 2.49. The van der Waals surface area contributed by atoms with Crippen LogP contribution < -0.4 is 15.8 Å². The quantitative estimate of drug-likeness (QED) is 0.633. The van der Waals surface area contributed by atoms with E-state index in [0.29, 0.717) is 12.5 Å². The lowest BCUT2D eigenvalue weighted by Crippen LogP contribution is -2.27. The summed E-state index contributed by atoms with van der Waals surface area (Å²) >= 11 is 0. The van der Waals surface area contributed by atoms with Crippen LogP contribution in [0.3, 0.4) is 0 Å². The topological polar surface area (TPSA) is 62.9 Å². The van der Waals surface area contributed by atoms with Gasteiger partial charge in [0.15, 0.2) is 5.96 Å². The van der Waals surface area contributed by atoms with Crippen LogP contribution in [-0.2, 0) is 0 Å². The average Bonchev–Trinajstić information content (AvgIpc) is 2.57. The van der Waals surface area contributed by atoms with Crippen molar-refractivity contribution in [2.75, 3.05) is 33.1 Å². The lowest BCUT2D eigenvalue weighted by atomic mass is 10.0. The molecule has 0 aromatic heterocycles. The van der Waals surface area contributed by atoms with Crippen molar-refractivity contribution in [1.29, 1.82) is 0 Å². The highest BCUT2D eigenvalue weighted by Crippen LogP contribution is 2.28. The molecule has 0 heterocycles. The SMILES string of the molecule is COc1ccccc1C(CN=C(N)Nc1ccc(C)cc1)N(C)C. The van der Waals surface area contributed by atoms with E-state index < -0.39 is 0 Å². The van der Waals surface area contributed by atoms with Crippen molar-refractivity contribution < 1.29 is 4.74 Å². The van der Waals surface area contributed by atoms with Gasteiger partial charge in [0, 0.05) is 11.3 Å². The summed E-state index contributed by atoms with van der Waals surface area (Å²) in [5.74, 6) is 1.26. The molecule has 1 atom stereocenters. The number of ether oxygens (including phenoxy) is 1.